The Morgan fingerprint density at radius 1 is 1.04 bits per heavy atom. The first-order chi connectivity index (χ1) is 12.7. The molecule has 0 saturated carbocycles. The molecule has 0 radical (unpaired) electrons. The number of methoxy groups -OCH3 is 1. The molecule has 1 N–H and O–H groups in total. The summed E-state index contributed by atoms with van der Waals surface area (Å²) in [6.45, 7) is 0.672. The molecule has 0 aliphatic carbocycles. The number of rotatable bonds is 4. The maximum Gasteiger partial charge on any atom is 0.278 e. The van der Waals surface area contributed by atoms with Gasteiger partial charge >= 0.3 is 0 Å². The van der Waals surface area contributed by atoms with Gasteiger partial charge in [-0.15, -0.1) is 10.2 Å². The van der Waals surface area contributed by atoms with E-state index in [1.807, 2.05) is 42.5 Å². The highest BCUT2D eigenvalue weighted by molar-refractivity contribution is 6.06. The van der Waals surface area contributed by atoms with Gasteiger partial charge < -0.3 is 15.0 Å². The highest BCUT2D eigenvalue weighted by atomic mass is 16.5. The number of nitrogens with one attached hydrogen (secondary N) is 1. The second kappa shape index (κ2) is 6.84. The van der Waals surface area contributed by atoms with Crippen molar-refractivity contribution < 1.29 is 9.53 Å². The number of benzene rings is 2. The van der Waals surface area contributed by atoms with Gasteiger partial charge in [-0.25, -0.2) is 0 Å². The van der Waals surface area contributed by atoms with Gasteiger partial charge in [0.1, 0.15) is 5.75 Å². The van der Waals surface area contributed by atoms with Crippen LogP contribution in [0.15, 0.2) is 60.7 Å². The van der Waals surface area contributed by atoms with E-state index in [0.29, 0.717) is 18.1 Å². The van der Waals surface area contributed by atoms with E-state index in [4.69, 9.17) is 4.74 Å². The van der Waals surface area contributed by atoms with E-state index in [2.05, 4.69) is 21.6 Å². The number of aromatic nitrogens is 2. The minimum absolute atomic E-state index is 0.126. The summed E-state index contributed by atoms with van der Waals surface area (Å²) in [5, 5.41) is 11.4. The van der Waals surface area contributed by atoms with Crippen LogP contribution in [-0.2, 0) is 6.42 Å². The van der Waals surface area contributed by atoms with Crippen molar-refractivity contribution >= 4 is 23.1 Å². The average Bonchev–Trinajstić information content (AvgIpc) is 3.13. The summed E-state index contributed by atoms with van der Waals surface area (Å²) in [5.74, 6) is 1.24. The third kappa shape index (κ3) is 3.09. The Hall–Kier alpha value is -3.41. The molecule has 2 aromatic carbocycles. The van der Waals surface area contributed by atoms with Gasteiger partial charge in [0.05, 0.1) is 7.11 Å². The largest absolute Gasteiger partial charge is 0.497 e. The Morgan fingerprint density at radius 3 is 2.58 bits per heavy atom. The number of hydrogen-bond donors (Lipinski definition) is 1. The predicted molar refractivity (Wildman–Crippen MR) is 100 cm³/mol. The van der Waals surface area contributed by atoms with E-state index in [-0.39, 0.29) is 5.91 Å². The van der Waals surface area contributed by atoms with Crippen LogP contribution < -0.4 is 15.0 Å². The molecule has 1 aliphatic rings. The molecule has 3 aromatic rings. The van der Waals surface area contributed by atoms with Crippen LogP contribution in [0.1, 0.15) is 16.1 Å². The highest BCUT2D eigenvalue weighted by Crippen LogP contribution is 2.28. The molecule has 0 bridgehead atoms. The van der Waals surface area contributed by atoms with E-state index >= 15 is 0 Å². The molecule has 1 amide bonds. The molecule has 4 rings (SSSR count). The van der Waals surface area contributed by atoms with Gasteiger partial charge in [0.2, 0.25) is 0 Å². The number of fused-ring (bicyclic) bond motifs is 1. The molecule has 6 nitrogen and oxygen atoms in total. The quantitative estimate of drug-likeness (QED) is 0.784. The molecular weight excluding hydrogens is 328 g/mol. The summed E-state index contributed by atoms with van der Waals surface area (Å²) in [6, 6.07) is 18.9. The molecule has 0 spiro atoms. The number of anilines is 3. The van der Waals surface area contributed by atoms with Crippen molar-refractivity contribution in [3.8, 4) is 5.75 Å². The molecule has 26 heavy (non-hydrogen) atoms. The van der Waals surface area contributed by atoms with E-state index in [1.54, 1.807) is 24.1 Å². The lowest BCUT2D eigenvalue weighted by Gasteiger charge is -2.16. The minimum atomic E-state index is -0.126. The standard InChI is InChI=1S/C20H18N4O2/c1-26-16-8-6-15(7-9-16)21-19-11-10-17(22-23-19)20(25)24-13-12-14-4-2-3-5-18(14)24/h2-11H,12-13H2,1H3,(H,21,23). The smallest absolute Gasteiger partial charge is 0.278 e. The zero-order valence-corrected chi connectivity index (χ0v) is 14.3. The predicted octanol–water partition coefficient (Wildman–Crippen LogP) is 3.43. The normalized spacial score (nSPS) is 12.6. The Bertz CT molecular complexity index is 923. The summed E-state index contributed by atoms with van der Waals surface area (Å²) in [7, 11) is 1.63. The molecule has 130 valence electrons. The van der Waals surface area contributed by atoms with Crippen molar-refractivity contribution in [2.24, 2.45) is 0 Å². The number of nitrogens with zero attached hydrogens (tertiary/aromatic N) is 3. The Labute approximate surface area is 151 Å². The van der Waals surface area contributed by atoms with Crippen LogP contribution >= 0.6 is 0 Å². The average molecular weight is 346 g/mol. The number of ether oxygens (including phenoxy) is 1. The van der Waals surface area contributed by atoms with Gasteiger partial charge in [-0.2, -0.15) is 0 Å². The van der Waals surface area contributed by atoms with Crippen LogP contribution in [0, 0.1) is 0 Å². The van der Waals surface area contributed by atoms with E-state index in [0.717, 1.165) is 23.5 Å². The van der Waals surface area contributed by atoms with Gasteiger partial charge in [0.15, 0.2) is 11.5 Å². The van der Waals surface area contributed by atoms with E-state index in [1.165, 1.54) is 5.56 Å². The minimum Gasteiger partial charge on any atom is -0.497 e. The van der Waals surface area contributed by atoms with Crippen LogP contribution in [0.25, 0.3) is 0 Å². The van der Waals surface area contributed by atoms with Gasteiger partial charge in [-0.05, 0) is 54.4 Å². The maximum absolute atomic E-state index is 12.7. The summed E-state index contributed by atoms with van der Waals surface area (Å²) in [5.41, 5.74) is 3.35. The Balaban J connectivity index is 1.48. The molecule has 1 aromatic heterocycles. The van der Waals surface area contributed by atoms with E-state index in [9.17, 15) is 4.79 Å². The van der Waals surface area contributed by atoms with E-state index < -0.39 is 0 Å². The van der Waals surface area contributed by atoms with Crippen LogP contribution in [0.4, 0.5) is 17.2 Å². The summed E-state index contributed by atoms with van der Waals surface area (Å²) < 4.78 is 5.14. The molecule has 6 heteroatoms. The highest BCUT2D eigenvalue weighted by Gasteiger charge is 2.26. The van der Waals surface area contributed by atoms with Crippen molar-refractivity contribution in [2.45, 2.75) is 6.42 Å². The van der Waals surface area contributed by atoms with Crippen LogP contribution in [0.3, 0.4) is 0 Å². The van der Waals surface area contributed by atoms with Crippen LogP contribution in [0.2, 0.25) is 0 Å². The number of para-hydroxylation sites is 1. The monoisotopic (exact) mass is 346 g/mol. The zero-order chi connectivity index (χ0) is 17.9. The first kappa shape index (κ1) is 16.1. The second-order valence-corrected chi connectivity index (χ2v) is 5.99. The van der Waals surface area contributed by atoms with Gasteiger partial charge in [-0.1, -0.05) is 18.2 Å². The number of amides is 1. The molecule has 2 heterocycles. The lowest BCUT2D eigenvalue weighted by molar-refractivity contribution is 0.0983. The topological polar surface area (TPSA) is 67.3 Å². The fourth-order valence-electron chi connectivity index (χ4n) is 3.02. The van der Waals surface area contributed by atoms with Crippen molar-refractivity contribution in [3.05, 3.63) is 71.9 Å². The number of carbonyl (C=O) groups is 1. The first-order valence-corrected chi connectivity index (χ1v) is 8.39. The van der Waals surface area contributed by atoms with Gasteiger partial charge in [0.25, 0.3) is 5.91 Å². The molecular formula is C20H18N4O2. The maximum atomic E-state index is 12.7. The Morgan fingerprint density at radius 2 is 1.85 bits per heavy atom. The van der Waals surface area contributed by atoms with Crippen molar-refractivity contribution in [1.29, 1.82) is 0 Å². The van der Waals surface area contributed by atoms with Crippen molar-refractivity contribution in [3.63, 3.8) is 0 Å². The first-order valence-electron chi connectivity index (χ1n) is 8.39. The van der Waals surface area contributed by atoms with Crippen molar-refractivity contribution in [2.75, 3.05) is 23.9 Å². The summed E-state index contributed by atoms with van der Waals surface area (Å²) in [4.78, 5) is 14.5. The zero-order valence-electron chi connectivity index (χ0n) is 14.3. The molecule has 0 fully saturated rings. The van der Waals surface area contributed by atoms with Crippen LogP contribution in [-0.4, -0.2) is 29.8 Å². The summed E-state index contributed by atoms with van der Waals surface area (Å²) in [6.07, 6.45) is 0.868. The lowest BCUT2D eigenvalue weighted by atomic mass is 10.2. The Kier molecular flexibility index (Phi) is 4.23. The summed E-state index contributed by atoms with van der Waals surface area (Å²) >= 11 is 0. The third-order valence-electron chi connectivity index (χ3n) is 4.38. The number of hydrogen-bond acceptors (Lipinski definition) is 5. The van der Waals surface area contributed by atoms with Gasteiger partial charge in [0, 0.05) is 17.9 Å². The molecule has 0 atom stereocenters. The SMILES string of the molecule is COc1ccc(Nc2ccc(C(=O)N3CCc4ccccc43)nn2)cc1. The van der Waals surface area contributed by atoms with Crippen molar-refractivity contribution in [1.82, 2.24) is 10.2 Å². The molecule has 1 aliphatic heterocycles. The second-order valence-electron chi connectivity index (χ2n) is 5.99. The number of carbonyl (C=O) groups excluding carboxylic acids is 1. The molecule has 0 unspecified atom stereocenters. The third-order valence-corrected chi connectivity index (χ3v) is 4.38. The molecule has 0 saturated heterocycles. The van der Waals surface area contributed by atoms with Crippen LogP contribution in [0.5, 0.6) is 5.75 Å². The van der Waals surface area contributed by atoms with Gasteiger partial charge in [-0.3, -0.25) is 4.79 Å². The lowest BCUT2D eigenvalue weighted by Crippen LogP contribution is -2.29. The fourth-order valence-corrected chi connectivity index (χ4v) is 3.02. The fraction of sp³-hybridized carbons (Fsp3) is 0.150.